The number of hydrogen-bond acceptors (Lipinski definition) is 1. The Labute approximate surface area is 63.4 Å². The minimum atomic E-state index is 0.604. The highest BCUT2D eigenvalue weighted by atomic mass is 16.5. The van der Waals surface area contributed by atoms with Gasteiger partial charge in [-0.05, 0) is 12.8 Å². The fourth-order valence-electron chi connectivity index (χ4n) is 0.743. The average Bonchev–Trinajstić information content (AvgIpc) is 1.58. The number of rotatable bonds is 4. The van der Waals surface area contributed by atoms with Crippen LogP contribution in [0.25, 0.3) is 0 Å². The van der Waals surface area contributed by atoms with Crippen molar-refractivity contribution in [3.8, 4) is 0 Å². The lowest BCUT2D eigenvalue weighted by Gasteiger charge is -2.09. The molecule has 58 valence electrons. The lowest BCUT2D eigenvalue weighted by Crippen LogP contribution is -1.93. The third-order valence-corrected chi connectivity index (χ3v) is 0.954. The van der Waals surface area contributed by atoms with E-state index in [1.807, 2.05) is 6.92 Å². The van der Waals surface area contributed by atoms with E-state index in [1.165, 1.54) is 0 Å². The van der Waals surface area contributed by atoms with Crippen LogP contribution < -0.4 is 0 Å². The Morgan fingerprint density at radius 1 is 1.40 bits per heavy atom. The summed E-state index contributed by atoms with van der Waals surface area (Å²) in [7, 11) is 0. The van der Waals surface area contributed by atoms with E-state index in [1.54, 1.807) is 0 Å². The summed E-state index contributed by atoms with van der Waals surface area (Å²) in [5.74, 6) is 2.12. The van der Waals surface area contributed by atoms with Gasteiger partial charge in [0.25, 0.3) is 0 Å². The van der Waals surface area contributed by atoms with Gasteiger partial charge in [0.2, 0.25) is 0 Å². The molecule has 1 heteroatoms. The molecule has 0 aliphatic heterocycles. The zero-order chi connectivity index (χ0) is 8.15. The average molecular weight is 140 g/mol. The minimum absolute atomic E-state index is 0.604. The van der Waals surface area contributed by atoms with Crippen molar-refractivity contribution in [3.63, 3.8) is 0 Å². The molecule has 0 aromatic carbocycles. The Morgan fingerprint density at radius 2 is 1.90 bits per heavy atom. The fourth-order valence-corrected chi connectivity index (χ4v) is 0.743. The second-order valence-corrected chi connectivity index (χ2v) is 2.94. The summed E-state index contributed by atoms with van der Waals surface area (Å²) in [6.07, 6.45) is 0.910. The Bertz CT molecular complexity index is 134. The summed E-state index contributed by atoms with van der Waals surface area (Å²) >= 11 is 0. The topological polar surface area (TPSA) is 9.23 Å². The Morgan fingerprint density at radius 3 is 2.20 bits per heavy atom. The second-order valence-electron chi connectivity index (χ2n) is 2.94. The van der Waals surface area contributed by atoms with Crippen molar-refractivity contribution in [1.29, 1.82) is 0 Å². The molecule has 0 spiro atoms. The first-order chi connectivity index (χ1) is 4.52. The van der Waals surface area contributed by atoms with E-state index in [9.17, 15) is 0 Å². The van der Waals surface area contributed by atoms with Crippen LogP contribution in [0.1, 0.15) is 27.2 Å². The van der Waals surface area contributed by atoms with Crippen LogP contribution >= 0.6 is 0 Å². The van der Waals surface area contributed by atoms with E-state index in [-0.39, 0.29) is 0 Å². The molecule has 0 aliphatic rings. The standard InChI is InChI=1S/C9H16O/c1-7(2)6-9(5)10-8(3)4/h7H,3,5-6H2,1-2,4H3. The third kappa shape index (κ3) is 5.42. The predicted molar refractivity (Wildman–Crippen MR) is 44.5 cm³/mol. The van der Waals surface area contributed by atoms with Gasteiger partial charge in [-0.25, -0.2) is 0 Å². The van der Waals surface area contributed by atoms with Crippen molar-refractivity contribution in [2.75, 3.05) is 0 Å². The molecule has 0 N–H and O–H groups in total. The Kier molecular flexibility index (Phi) is 3.85. The monoisotopic (exact) mass is 140 g/mol. The van der Waals surface area contributed by atoms with Crippen molar-refractivity contribution in [1.82, 2.24) is 0 Å². The molecule has 1 nitrogen and oxygen atoms in total. The summed E-state index contributed by atoms with van der Waals surface area (Å²) in [6.45, 7) is 13.5. The van der Waals surface area contributed by atoms with Gasteiger partial charge in [-0.1, -0.05) is 27.0 Å². The molecule has 0 aromatic rings. The minimum Gasteiger partial charge on any atom is -0.468 e. The van der Waals surface area contributed by atoms with Crippen LogP contribution in [-0.2, 0) is 4.74 Å². The molecule has 0 rings (SSSR count). The quantitative estimate of drug-likeness (QED) is 0.545. The van der Waals surface area contributed by atoms with Gasteiger partial charge >= 0.3 is 0 Å². The van der Waals surface area contributed by atoms with Crippen LogP contribution in [0.4, 0.5) is 0 Å². The van der Waals surface area contributed by atoms with Gasteiger partial charge in [0.05, 0.1) is 11.5 Å². The molecular formula is C9H16O. The Hall–Kier alpha value is -0.720. The normalized spacial score (nSPS) is 9.60. The summed E-state index contributed by atoms with van der Waals surface area (Å²) in [5, 5.41) is 0. The maximum Gasteiger partial charge on any atom is 0.0966 e. The molecule has 0 radical (unpaired) electrons. The van der Waals surface area contributed by atoms with Gasteiger partial charge in [-0.2, -0.15) is 0 Å². The van der Waals surface area contributed by atoms with Crippen LogP contribution in [0.2, 0.25) is 0 Å². The molecule has 0 saturated heterocycles. The molecule has 0 atom stereocenters. The molecule has 0 saturated carbocycles. The largest absolute Gasteiger partial charge is 0.468 e. The van der Waals surface area contributed by atoms with Crippen molar-refractivity contribution < 1.29 is 4.74 Å². The van der Waals surface area contributed by atoms with Crippen molar-refractivity contribution in [2.24, 2.45) is 5.92 Å². The van der Waals surface area contributed by atoms with Crippen molar-refractivity contribution >= 4 is 0 Å². The smallest absolute Gasteiger partial charge is 0.0966 e. The predicted octanol–water partition coefficient (Wildman–Crippen LogP) is 3.10. The van der Waals surface area contributed by atoms with Gasteiger partial charge in [0.15, 0.2) is 0 Å². The molecular weight excluding hydrogens is 124 g/mol. The van der Waals surface area contributed by atoms with E-state index in [2.05, 4.69) is 27.0 Å². The van der Waals surface area contributed by atoms with Gasteiger partial charge in [0, 0.05) is 6.42 Å². The lowest BCUT2D eigenvalue weighted by atomic mass is 10.1. The molecule has 0 unspecified atom stereocenters. The molecule has 0 aromatic heterocycles. The first-order valence-corrected chi connectivity index (χ1v) is 3.53. The second kappa shape index (κ2) is 4.15. The number of ether oxygens (including phenoxy) is 1. The van der Waals surface area contributed by atoms with E-state index in [4.69, 9.17) is 4.74 Å². The molecule has 0 aliphatic carbocycles. The van der Waals surface area contributed by atoms with Crippen LogP contribution in [0.5, 0.6) is 0 Å². The molecule has 0 fully saturated rings. The molecule has 10 heavy (non-hydrogen) atoms. The highest BCUT2D eigenvalue weighted by Crippen LogP contribution is 2.12. The molecule has 0 bridgehead atoms. The van der Waals surface area contributed by atoms with Gasteiger partial charge < -0.3 is 4.74 Å². The van der Waals surface area contributed by atoms with E-state index in [0.29, 0.717) is 11.7 Å². The first-order valence-electron chi connectivity index (χ1n) is 3.53. The summed E-state index contributed by atoms with van der Waals surface area (Å²) in [4.78, 5) is 0. The van der Waals surface area contributed by atoms with Gasteiger partial charge in [0.1, 0.15) is 0 Å². The number of allylic oxidation sites excluding steroid dienone is 2. The number of hydrogen-bond donors (Lipinski definition) is 0. The van der Waals surface area contributed by atoms with Crippen molar-refractivity contribution in [2.45, 2.75) is 27.2 Å². The molecule has 0 amide bonds. The van der Waals surface area contributed by atoms with Gasteiger partial charge in [-0.15, -0.1) is 0 Å². The van der Waals surface area contributed by atoms with E-state index < -0.39 is 0 Å². The SMILES string of the molecule is C=C(C)OC(=C)CC(C)C. The van der Waals surface area contributed by atoms with Crippen LogP contribution in [-0.4, -0.2) is 0 Å². The highest BCUT2D eigenvalue weighted by molar-refractivity contribution is 4.90. The van der Waals surface area contributed by atoms with Crippen LogP contribution in [0.15, 0.2) is 24.7 Å². The molecule has 0 heterocycles. The lowest BCUT2D eigenvalue weighted by molar-refractivity contribution is 0.283. The maximum absolute atomic E-state index is 5.17. The zero-order valence-electron chi connectivity index (χ0n) is 7.11. The van der Waals surface area contributed by atoms with Crippen LogP contribution in [0.3, 0.4) is 0 Å². The zero-order valence-corrected chi connectivity index (χ0v) is 7.11. The third-order valence-electron chi connectivity index (χ3n) is 0.954. The van der Waals surface area contributed by atoms with Crippen molar-refractivity contribution in [3.05, 3.63) is 24.7 Å². The van der Waals surface area contributed by atoms with E-state index in [0.717, 1.165) is 12.2 Å². The first kappa shape index (κ1) is 9.28. The van der Waals surface area contributed by atoms with Gasteiger partial charge in [-0.3, -0.25) is 0 Å². The highest BCUT2D eigenvalue weighted by Gasteiger charge is 1.98. The van der Waals surface area contributed by atoms with E-state index >= 15 is 0 Å². The summed E-state index contributed by atoms with van der Waals surface area (Å²) in [5.41, 5.74) is 0. The fraction of sp³-hybridized carbons (Fsp3) is 0.556. The van der Waals surface area contributed by atoms with Crippen LogP contribution in [0, 0.1) is 5.92 Å². The Balaban J connectivity index is 3.54. The maximum atomic E-state index is 5.17. The summed E-state index contributed by atoms with van der Waals surface area (Å²) < 4.78 is 5.17. The summed E-state index contributed by atoms with van der Waals surface area (Å²) in [6, 6.07) is 0.